The van der Waals surface area contributed by atoms with Crippen molar-refractivity contribution in [3.63, 3.8) is 0 Å². The molecule has 2 aromatic carbocycles. The van der Waals surface area contributed by atoms with Crippen LogP contribution in [0.3, 0.4) is 0 Å². The Balaban J connectivity index is 2.16. The second-order valence-electron chi connectivity index (χ2n) is 10.6. The van der Waals surface area contributed by atoms with Crippen molar-refractivity contribution in [2.75, 3.05) is 4.90 Å². The summed E-state index contributed by atoms with van der Waals surface area (Å²) in [5.74, 6) is 1.92. The fraction of sp³-hybridized carbons (Fsp3) is 0.536. The van der Waals surface area contributed by atoms with E-state index < -0.39 is 0 Å². The standard InChI is InChI=1S/C28H39N2/c1-17(2)26-29(18(3)4)27(9)16-23-13-11-12-14-24(23)28(27,10)30(26)25-21(7)19(5)15-20(6)22(25)8/h11-15,17-18H,16H2,1-10H3/q+1/t27-,28+/m0/s1. The highest BCUT2D eigenvalue weighted by atomic mass is 15.4. The van der Waals surface area contributed by atoms with E-state index in [0.29, 0.717) is 12.0 Å². The Hall–Kier alpha value is -2.09. The van der Waals surface area contributed by atoms with E-state index in [4.69, 9.17) is 0 Å². The van der Waals surface area contributed by atoms with Crippen molar-refractivity contribution in [1.82, 2.24) is 0 Å². The molecule has 1 heterocycles. The molecule has 0 fully saturated rings. The molecule has 2 aliphatic rings. The highest BCUT2D eigenvalue weighted by Crippen LogP contribution is 2.57. The molecule has 1 aliphatic heterocycles. The van der Waals surface area contributed by atoms with Crippen LogP contribution in [-0.4, -0.2) is 22.0 Å². The number of amidine groups is 1. The van der Waals surface area contributed by atoms with Crippen LogP contribution in [0, 0.1) is 33.6 Å². The largest absolute Gasteiger partial charge is 0.256 e. The summed E-state index contributed by atoms with van der Waals surface area (Å²) in [6.07, 6.45) is 1.09. The van der Waals surface area contributed by atoms with Gasteiger partial charge in [-0.25, -0.2) is 4.90 Å². The van der Waals surface area contributed by atoms with E-state index in [2.05, 4.69) is 109 Å². The van der Waals surface area contributed by atoms with Gasteiger partial charge in [-0.05, 0) is 83.2 Å². The minimum absolute atomic E-state index is 0.0149. The summed E-state index contributed by atoms with van der Waals surface area (Å²) in [7, 11) is 0. The molecule has 2 heteroatoms. The van der Waals surface area contributed by atoms with Gasteiger partial charge in [0.15, 0.2) is 11.1 Å². The van der Waals surface area contributed by atoms with Gasteiger partial charge in [0.25, 0.3) is 5.84 Å². The van der Waals surface area contributed by atoms with Crippen molar-refractivity contribution in [2.24, 2.45) is 5.92 Å². The first-order chi connectivity index (χ1) is 14.0. The molecule has 0 saturated carbocycles. The highest BCUT2D eigenvalue weighted by Gasteiger charge is 2.70. The molecule has 2 nitrogen and oxygen atoms in total. The maximum atomic E-state index is 2.76. The molecule has 30 heavy (non-hydrogen) atoms. The van der Waals surface area contributed by atoms with Crippen LogP contribution in [0.1, 0.15) is 74.9 Å². The van der Waals surface area contributed by atoms with Crippen LogP contribution in [0.25, 0.3) is 0 Å². The third-order valence-electron chi connectivity index (χ3n) is 8.16. The van der Waals surface area contributed by atoms with Crippen LogP contribution in [0.15, 0.2) is 30.3 Å². The Morgan fingerprint density at radius 2 is 1.47 bits per heavy atom. The maximum Gasteiger partial charge on any atom is 0.256 e. The quantitative estimate of drug-likeness (QED) is 0.534. The van der Waals surface area contributed by atoms with Gasteiger partial charge >= 0.3 is 0 Å². The number of hydrogen-bond donors (Lipinski definition) is 0. The van der Waals surface area contributed by atoms with Crippen molar-refractivity contribution >= 4 is 11.5 Å². The summed E-state index contributed by atoms with van der Waals surface area (Å²) in [4.78, 5) is 2.76. The van der Waals surface area contributed by atoms with E-state index >= 15 is 0 Å². The molecule has 0 bridgehead atoms. The SMILES string of the molecule is Cc1cc(C)c(C)c(N2C(C(C)C)=[N+](C(C)C)[C@@]3(C)Cc4ccccc4[C@@]23C)c1C. The molecule has 1 aliphatic carbocycles. The fourth-order valence-corrected chi connectivity index (χ4v) is 6.49. The van der Waals surface area contributed by atoms with Crippen molar-refractivity contribution in [3.8, 4) is 0 Å². The number of nitrogens with zero attached hydrogens (tertiary/aromatic N) is 2. The predicted molar refractivity (Wildman–Crippen MR) is 129 cm³/mol. The molecular formula is C28H39N2+. The molecule has 0 N–H and O–H groups in total. The van der Waals surface area contributed by atoms with Gasteiger partial charge in [0.2, 0.25) is 0 Å². The molecular weight excluding hydrogens is 364 g/mol. The van der Waals surface area contributed by atoms with Crippen LogP contribution in [0.2, 0.25) is 0 Å². The summed E-state index contributed by atoms with van der Waals surface area (Å²) in [6.45, 7) is 23.6. The average Bonchev–Trinajstić information content (AvgIpc) is 3.01. The molecule has 0 spiro atoms. The number of fused-ring (bicyclic) bond motifs is 3. The molecule has 2 atom stereocenters. The van der Waals surface area contributed by atoms with E-state index in [1.165, 1.54) is 44.9 Å². The second-order valence-corrected chi connectivity index (χ2v) is 10.6. The monoisotopic (exact) mass is 403 g/mol. The van der Waals surface area contributed by atoms with E-state index in [9.17, 15) is 0 Å². The number of anilines is 1. The van der Waals surface area contributed by atoms with Gasteiger partial charge in [0.1, 0.15) is 5.69 Å². The lowest BCUT2D eigenvalue weighted by atomic mass is 9.78. The summed E-state index contributed by atoms with van der Waals surface area (Å²) in [5, 5.41) is 0. The van der Waals surface area contributed by atoms with Gasteiger partial charge < -0.3 is 0 Å². The average molecular weight is 404 g/mol. The molecule has 0 amide bonds. The summed E-state index contributed by atoms with van der Waals surface area (Å²) < 4.78 is 2.76. The van der Waals surface area contributed by atoms with Gasteiger partial charge in [-0.2, -0.15) is 0 Å². The summed E-state index contributed by atoms with van der Waals surface area (Å²) >= 11 is 0. The molecule has 0 saturated heterocycles. The van der Waals surface area contributed by atoms with Crippen molar-refractivity contribution in [1.29, 1.82) is 0 Å². The second kappa shape index (κ2) is 6.70. The van der Waals surface area contributed by atoms with E-state index in [1.807, 2.05) is 0 Å². The molecule has 4 rings (SSSR count). The zero-order chi connectivity index (χ0) is 22.2. The zero-order valence-electron chi connectivity index (χ0n) is 20.6. The third kappa shape index (κ3) is 2.46. The zero-order valence-corrected chi connectivity index (χ0v) is 20.6. The number of rotatable bonds is 3. The van der Waals surface area contributed by atoms with E-state index in [0.717, 1.165) is 6.42 Å². The molecule has 0 radical (unpaired) electrons. The Morgan fingerprint density at radius 1 is 0.900 bits per heavy atom. The van der Waals surface area contributed by atoms with Crippen molar-refractivity contribution in [2.45, 2.75) is 92.8 Å². The van der Waals surface area contributed by atoms with E-state index in [1.54, 1.807) is 0 Å². The predicted octanol–water partition coefficient (Wildman–Crippen LogP) is 6.45. The van der Waals surface area contributed by atoms with Crippen LogP contribution in [-0.2, 0) is 12.0 Å². The molecule has 0 aromatic heterocycles. The molecule has 2 aromatic rings. The van der Waals surface area contributed by atoms with Crippen LogP contribution in [0.4, 0.5) is 5.69 Å². The normalized spacial score (nSPS) is 25.5. The lowest BCUT2D eigenvalue weighted by Crippen LogP contribution is -2.55. The molecule has 160 valence electrons. The van der Waals surface area contributed by atoms with Gasteiger partial charge in [0, 0.05) is 12.0 Å². The summed E-state index contributed by atoms with van der Waals surface area (Å²) in [6, 6.07) is 11.9. The minimum Gasteiger partial charge on any atom is -0.253 e. The Bertz CT molecular complexity index is 1030. The van der Waals surface area contributed by atoms with Crippen LogP contribution < -0.4 is 4.90 Å². The highest BCUT2D eigenvalue weighted by molar-refractivity contribution is 6.01. The Labute approximate surface area is 183 Å². The van der Waals surface area contributed by atoms with Gasteiger partial charge in [-0.15, -0.1) is 0 Å². The topological polar surface area (TPSA) is 6.25 Å². The molecule has 0 unspecified atom stereocenters. The summed E-state index contributed by atoms with van der Waals surface area (Å²) in [5.41, 5.74) is 9.91. The lowest BCUT2D eigenvalue weighted by molar-refractivity contribution is -0.631. The fourth-order valence-electron chi connectivity index (χ4n) is 6.49. The van der Waals surface area contributed by atoms with Gasteiger partial charge in [0.05, 0.1) is 12.0 Å². The number of hydrogen-bond acceptors (Lipinski definition) is 1. The first kappa shape index (κ1) is 21.2. The van der Waals surface area contributed by atoms with E-state index in [-0.39, 0.29) is 11.1 Å². The Kier molecular flexibility index (Phi) is 4.73. The van der Waals surface area contributed by atoms with Crippen molar-refractivity contribution in [3.05, 3.63) is 63.7 Å². The Morgan fingerprint density at radius 3 is 2.00 bits per heavy atom. The van der Waals surface area contributed by atoms with Crippen LogP contribution in [0.5, 0.6) is 0 Å². The first-order valence-electron chi connectivity index (χ1n) is 11.6. The van der Waals surface area contributed by atoms with Crippen LogP contribution >= 0.6 is 0 Å². The van der Waals surface area contributed by atoms with Gasteiger partial charge in [-0.1, -0.05) is 44.2 Å². The minimum atomic E-state index is -0.108. The number of benzene rings is 2. The number of aryl methyl sites for hydroxylation is 2. The maximum absolute atomic E-state index is 2.76. The van der Waals surface area contributed by atoms with Crippen molar-refractivity contribution < 1.29 is 4.58 Å². The van der Waals surface area contributed by atoms with Gasteiger partial charge in [-0.3, -0.25) is 4.58 Å². The smallest absolute Gasteiger partial charge is 0.253 e. The third-order valence-corrected chi connectivity index (χ3v) is 8.16. The lowest BCUT2D eigenvalue weighted by Gasteiger charge is -2.38. The first-order valence-corrected chi connectivity index (χ1v) is 11.6.